The highest BCUT2D eigenvalue weighted by Gasteiger charge is 2.35. The Bertz CT molecular complexity index is 1660. The van der Waals surface area contributed by atoms with Gasteiger partial charge in [0.2, 0.25) is 0 Å². The first-order chi connectivity index (χ1) is 17.5. The molecule has 0 aliphatic heterocycles. The maximum Gasteiger partial charge on any atom is 0.0719 e. The molecule has 4 aromatic carbocycles. The first-order valence-electron chi connectivity index (χ1n) is 13.3. The van der Waals surface area contributed by atoms with Gasteiger partial charge in [-0.05, 0) is 88.5 Å². The Morgan fingerprint density at radius 1 is 0.622 bits per heavy atom. The van der Waals surface area contributed by atoms with Gasteiger partial charge >= 0.3 is 0 Å². The summed E-state index contributed by atoms with van der Waals surface area (Å²) in [5.74, 6) is 0. The molecule has 1 heterocycles. The average Bonchev–Trinajstić information content (AvgIpc) is 3.07. The van der Waals surface area contributed by atoms with E-state index >= 15 is 0 Å². The number of pyridine rings is 1. The molecule has 0 bridgehead atoms. The number of rotatable bonds is 2. The number of nitrogens with zero attached hydrogens (tertiary/aromatic N) is 1. The molecule has 0 radical (unpaired) electrons. The molecule has 5 aromatic rings. The van der Waals surface area contributed by atoms with Crippen LogP contribution in [-0.4, -0.2) is 4.98 Å². The lowest BCUT2D eigenvalue weighted by Gasteiger charge is -2.22. The van der Waals surface area contributed by atoms with Crippen LogP contribution in [0.3, 0.4) is 0 Å². The van der Waals surface area contributed by atoms with Crippen molar-refractivity contribution in [1.82, 2.24) is 4.98 Å². The molecule has 184 valence electrons. The fraction of sp³-hybridized carbons (Fsp3) is 0.250. The van der Waals surface area contributed by atoms with Gasteiger partial charge in [-0.15, -0.1) is 0 Å². The van der Waals surface area contributed by atoms with Crippen LogP contribution in [0.2, 0.25) is 0 Å². The summed E-state index contributed by atoms with van der Waals surface area (Å²) in [5.41, 5.74) is 15.1. The molecule has 1 heteroatoms. The van der Waals surface area contributed by atoms with Gasteiger partial charge in [0.1, 0.15) is 0 Å². The summed E-state index contributed by atoms with van der Waals surface area (Å²) in [6.45, 7) is 15.8. The van der Waals surface area contributed by atoms with E-state index in [0.29, 0.717) is 0 Å². The average molecular weight is 482 g/mol. The molecule has 6 rings (SSSR count). The van der Waals surface area contributed by atoms with Crippen LogP contribution in [0.1, 0.15) is 62.4 Å². The molecule has 0 atom stereocenters. The van der Waals surface area contributed by atoms with E-state index in [1.807, 2.05) is 0 Å². The van der Waals surface area contributed by atoms with E-state index in [1.54, 1.807) is 0 Å². The van der Waals surface area contributed by atoms with E-state index in [0.717, 1.165) is 11.2 Å². The number of fused-ring (bicyclic) bond motifs is 4. The Balaban J connectivity index is 1.65. The molecular formula is C36H35N. The lowest BCUT2D eigenvalue weighted by molar-refractivity contribution is 0.590. The predicted octanol–water partition coefficient (Wildman–Crippen LogP) is 9.79. The summed E-state index contributed by atoms with van der Waals surface area (Å²) < 4.78 is 0. The van der Waals surface area contributed by atoms with Crippen LogP contribution in [0.4, 0.5) is 0 Å². The fourth-order valence-corrected chi connectivity index (χ4v) is 6.08. The molecule has 1 aliphatic rings. The van der Waals surface area contributed by atoms with Crippen LogP contribution in [-0.2, 0) is 10.8 Å². The van der Waals surface area contributed by atoms with Gasteiger partial charge in [-0.25, -0.2) is 4.98 Å². The number of hydrogen-bond donors (Lipinski definition) is 0. The molecule has 0 unspecified atom stereocenters. The molecule has 0 spiro atoms. The highest BCUT2D eigenvalue weighted by molar-refractivity contribution is 6.01. The second-order valence-corrected chi connectivity index (χ2v) is 12.3. The summed E-state index contributed by atoms with van der Waals surface area (Å²) in [7, 11) is 0. The quantitative estimate of drug-likeness (QED) is 0.244. The van der Waals surface area contributed by atoms with Gasteiger partial charge in [-0.3, -0.25) is 0 Å². The van der Waals surface area contributed by atoms with E-state index in [2.05, 4.69) is 133 Å². The number of benzene rings is 4. The molecule has 0 fully saturated rings. The zero-order valence-electron chi connectivity index (χ0n) is 23.0. The van der Waals surface area contributed by atoms with Crippen molar-refractivity contribution in [2.45, 2.75) is 59.3 Å². The first-order valence-corrected chi connectivity index (χ1v) is 13.3. The van der Waals surface area contributed by atoms with Gasteiger partial charge in [0.05, 0.1) is 11.2 Å². The van der Waals surface area contributed by atoms with Gasteiger partial charge in [0.15, 0.2) is 0 Å². The van der Waals surface area contributed by atoms with Crippen molar-refractivity contribution >= 4 is 10.9 Å². The van der Waals surface area contributed by atoms with Gasteiger partial charge in [0.25, 0.3) is 0 Å². The minimum atomic E-state index is -0.0494. The molecule has 37 heavy (non-hydrogen) atoms. The smallest absolute Gasteiger partial charge is 0.0719 e. The van der Waals surface area contributed by atoms with E-state index in [-0.39, 0.29) is 10.8 Å². The third-order valence-corrected chi connectivity index (χ3v) is 8.09. The molecule has 0 saturated heterocycles. The molecule has 1 aromatic heterocycles. The van der Waals surface area contributed by atoms with Crippen LogP contribution in [0.15, 0.2) is 84.9 Å². The zero-order valence-corrected chi connectivity index (χ0v) is 23.0. The van der Waals surface area contributed by atoms with Crippen LogP contribution in [0, 0.1) is 13.8 Å². The summed E-state index contributed by atoms with van der Waals surface area (Å²) >= 11 is 0. The second-order valence-electron chi connectivity index (χ2n) is 12.3. The van der Waals surface area contributed by atoms with Crippen LogP contribution in [0.25, 0.3) is 44.4 Å². The Kier molecular flexibility index (Phi) is 5.21. The Hall–Kier alpha value is -3.71. The van der Waals surface area contributed by atoms with Crippen LogP contribution < -0.4 is 0 Å². The van der Waals surface area contributed by atoms with Crippen molar-refractivity contribution in [1.29, 1.82) is 0 Å². The zero-order chi connectivity index (χ0) is 26.1. The Morgan fingerprint density at radius 2 is 1.30 bits per heavy atom. The minimum Gasteiger partial charge on any atom is -0.248 e. The number of aryl methyl sites for hydroxylation is 2. The largest absolute Gasteiger partial charge is 0.248 e. The summed E-state index contributed by atoms with van der Waals surface area (Å²) in [6, 6.07) is 31.8. The van der Waals surface area contributed by atoms with Crippen LogP contribution >= 0.6 is 0 Å². The van der Waals surface area contributed by atoms with Crippen LogP contribution in [0.5, 0.6) is 0 Å². The minimum absolute atomic E-state index is 0.0494. The van der Waals surface area contributed by atoms with Crippen molar-refractivity contribution < 1.29 is 0 Å². The highest BCUT2D eigenvalue weighted by atomic mass is 14.7. The van der Waals surface area contributed by atoms with Crippen molar-refractivity contribution in [2.24, 2.45) is 0 Å². The van der Waals surface area contributed by atoms with E-state index in [4.69, 9.17) is 4.98 Å². The SMILES string of the molecule is Cc1cc(C)cc(-c2cc(-c3ccc(C(C)(C)C)cc3)c3cc4c(cc3n2)C(C)(C)c2ccccc2-4)c1. The van der Waals surface area contributed by atoms with Gasteiger partial charge in [0, 0.05) is 16.4 Å². The predicted molar refractivity (Wildman–Crippen MR) is 158 cm³/mol. The normalized spacial score (nSPS) is 14.0. The molecule has 1 nitrogen and oxygen atoms in total. The molecule has 0 N–H and O–H groups in total. The maximum absolute atomic E-state index is 5.28. The highest BCUT2D eigenvalue weighted by Crippen LogP contribution is 2.50. The summed E-state index contributed by atoms with van der Waals surface area (Å²) in [5, 5.41) is 1.21. The topological polar surface area (TPSA) is 12.9 Å². The Labute approximate surface area is 221 Å². The second kappa shape index (κ2) is 8.15. The third kappa shape index (κ3) is 3.89. The van der Waals surface area contributed by atoms with Gasteiger partial charge in [-0.2, -0.15) is 0 Å². The maximum atomic E-state index is 5.28. The number of hydrogen-bond acceptors (Lipinski definition) is 1. The van der Waals surface area contributed by atoms with Gasteiger partial charge in [-0.1, -0.05) is 100 Å². The standard InChI is InChI=1S/C36H35N/c1-22-16-23(2)18-25(17-22)33-20-28(24-12-14-26(15-13-24)35(3,4)5)30-19-29-27-10-8-9-11-31(27)36(6,7)32(29)21-34(30)37-33/h8-21H,1-7H3. The van der Waals surface area contributed by atoms with E-state index in [9.17, 15) is 0 Å². The van der Waals surface area contributed by atoms with Crippen molar-refractivity contribution in [2.75, 3.05) is 0 Å². The monoisotopic (exact) mass is 481 g/mol. The van der Waals surface area contributed by atoms with Crippen molar-refractivity contribution in [3.05, 3.63) is 113 Å². The summed E-state index contributed by atoms with van der Waals surface area (Å²) in [4.78, 5) is 5.28. The fourth-order valence-electron chi connectivity index (χ4n) is 6.08. The van der Waals surface area contributed by atoms with Gasteiger partial charge < -0.3 is 0 Å². The molecule has 1 aliphatic carbocycles. The number of aromatic nitrogens is 1. The molecule has 0 amide bonds. The lowest BCUT2D eigenvalue weighted by Crippen LogP contribution is -2.14. The summed E-state index contributed by atoms with van der Waals surface area (Å²) in [6.07, 6.45) is 0. The Morgan fingerprint density at radius 3 is 1.97 bits per heavy atom. The lowest BCUT2D eigenvalue weighted by atomic mass is 9.82. The van der Waals surface area contributed by atoms with Crippen molar-refractivity contribution in [3.8, 4) is 33.5 Å². The van der Waals surface area contributed by atoms with E-state index in [1.165, 1.54) is 61.0 Å². The first kappa shape index (κ1) is 23.7. The third-order valence-electron chi connectivity index (χ3n) is 8.09. The molecular weight excluding hydrogens is 446 g/mol. The molecule has 0 saturated carbocycles. The van der Waals surface area contributed by atoms with E-state index < -0.39 is 0 Å². The van der Waals surface area contributed by atoms with Crippen molar-refractivity contribution in [3.63, 3.8) is 0 Å².